The number of ether oxygens (including phenoxy) is 1. The molecule has 3 heteroatoms. The Hall–Kier alpha value is -0.800. The van der Waals surface area contributed by atoms with Gasteiger partial charge in [-0.05, 0) is 37.0 Å². The molecule has 1 aliphatic heterocycles. The standard InChI is InChI=1S/C14H17BrO2/c1-2-14(16,12-6-4-8-17-10-12)11-5-3-7-13(15)9-11/h3,5,7,9-10,16H,2,4,6,8H2,1H3. The predicted molar refractivity (Wildman–Crippen MR) is 71.6 cm³/mol. The third-order valence-electron chi connectivity index (χ3n) is 3.28. The first-order valence-electron chi connectivity index (χ1n) is 5.96. The minimum Gasteiger partial charge on any atom is -0.501 e. The molecule has 1 aromatic rings. The maximum absolute atomic E-state index is 10.9. The molecule has 1 heterocycles. The second-order valence-electron chi connectivity index (χ2n) is 4.34. The fourth-order valence-electron chi connectivity index (χ4n) is 2.23. The molecule has 0 aromatic heterocycles. The highest BCUT2D eigenvalue weighted by Crippen LogP contribution is 2.37. The van der Waals surface area contributed by atoms with E-state index in [2.05, 4.69) is 15.9 Å². The molecule has 2 nitrogen and oxygen atoms in total. The summed E-state index contributed by atoms with van der Waals surface area (Å²) in [6.45, 7) is 2.75. The number of hydrogen-bond donors (Lipinski definition) is 1. The smallest absolute Gasteiger partial charge is 0.114 e. The molecule has 0 spiro atoms. The van der Waals surface area contributed by atoms with Crippen molar-refractivity contribution in [3.63, 3.8) is 0 Å². The highest BCUT2D eigenvalue weighted by molar-refractivity contribution is 9.10. The Morgan fingerprint density at radius 2 is 2.29 bits per heavy atom. The van der Waals surface area contributed by atoms with E-state index in [1.54, 1.807) is 6.26 Å². The number of aliphatic hydroxyl groups is 1. The molecule has 0 fully saturated rings. The van der Waals surface area contributed by atoms with Crippen molar-refractivity contribution in [1.82, 2.24) is 0 Å². The molecule has 1 unspecified atom stereocenters. The van der Waals surface area contributed by atoms with Crippen LogP contribution in [-0.4, -0.2) is 11.7 Å². The zero-order valence-electron chi connectivity index (χ0n) is 9.95. The lowest BCUT2D eigenvalue weighted by molar-refractivity contribution is 0.0558. The second kappa shape index (κ2) is 5.23. The molecule has 0 amide bonds. The van der Waals surface area contributed by atoms with Crippen LogP contribution in [0, 0.1) is 0 Å². The first kappa shape index (κ1) is 12.7. The van der Waals surface area contributed by atoms with Crippen LogP contribution in [-0.2, 0) is 10.3 Å². The lowest BCUT2D eigenvalue weighted by Crippen LogP contribution is -2.29. The fraction of sp³-hybridized carbons (Fsp3) is 0.429. The Balaban J connectivity index is 2.39. The monoisotopic (exact) mass is 296 g/mol. The summed E-state index contributed by atoms with van der Waals surface area (Å²) >= 11 is 3.45. The minimum absolute atomic E-state index is 0.651. The molecule has 1 atom stereocenters. The number of benzene rings is 1. The quantitative estimate of drug-likeness (QED) is 0.921. The Morgan fingerprint density at radius 3 is 2.88 bits per heavy atom. The molecule has 0 saturated heterocycles. The lowest BCUT2D eigenvalue weighted by atomic mass is 9.82. The van der Waals surface area contributed by atoms with E-state index in [0.29, 0.717) is 6.42 Å². The summed E-state index contributed by atoms with van der Waals surface area (Å²) in [5, 5.41) is 10.9. The molecule has 17 heavy (non-hydrogen) atoms. The van der Waals surface area contributed by atoms with Gasteiger partial charge in [-0.2, -0.15) is 0 Å². The van der Waals surface area contributed by atoms with Crippen LogP contribution in [0.2, 0.25) is 0 Å². The van der Waals surface area contributed by atoms with Gasteiger partial charge in [0.2, 0.25) is 0 Å². The predicted octanol–water partition coefficient (Wildman–Crippen LogP) is 3.74. The van der Waals surface area contributed by atoms with E-state index in [4.69, 9.17) is 4.74 Å². The van der Waals surface area contributed by atoms with Crippen LogP contribution < -0.4 is 0 Å². The van der Waals surface area contributed by atoms with Crippen molar-refractivity contribution in [2.24, 2.45) is 0 Å². The molecule has 0 aliphatic carbocycles. The SMILES string of the molecule is CCC(O)(C1=COCCC1)c1cccc(Br)c1. The number of halogens is 1. The molecule has 0 radical (unpaired) electrons. The Morgan fingerprint density at radius 1 is 1.47 bits per heavy atom. The van der Waals surface area contributed by atoms with Crippen LogP contribution in [0.4, 0.5) is 0 Å². The van der Waals surface area contributed by atoms with E-state index in [1.165, 1.54) is 0 Å². The Kier molecular flexibility index (Phi) is 3.89. The summed E-state index contributed by atoms with van der Waals surface area (Å²) < 4.78 is 6.33. The van der Waals surface area contributed by atoms with Gasteiger partial charge in [0.15, 0.2) is 0 Å². The largest absolute Gasteiger partial charge is 0.501 e. The van der Waals surface area contributed by atoms with Crippen LogP contribution in [0.15, 0.2) is 40.6 Å². The first-order chi connectivity index (χ1) is 8.16. The van der Waals surface area contributed by atoms with Crippen molar-refractivity contribution in [3.05, 3.63) is 46.1 Å². The zero-order chi connectivity index (χ0) is 12.3. The summed E-state index contributed by atoms with van der Waals surface area (Å²) in [4.78, 5) is 0. The summed E-state index contributed by atoms with van der Waals surface area (Å²) in [6, 6.07) is 7.85. The van der Waals surface area contributed by atoms with Crippen molar-refractivity contribution in [2.45, 2.75) is 31.8 Å². The molecule has 0 saturated carbocycles. The van der Waals surface area contributed by atoms with Crippen molar-refractivity contribution in [2.75, 3.05) is 6.61 Å². The highest BCUT2D eigenvalue weighted by atomic mass is 79.9. The molecule has 0 bridgehead atoms. The van der Waals surface area contributed by atoms with E-state index < -0.39 is 5.60 Å². The van der Waals surface area contributed by atoms with Crippen LogP contribution in [0.1, 0.15) is 31.7 Å². The first-order valence-corrected chi connectivity index (χ1v) is 6.75. The van der Waals surface area contributed by atoms with Crippen LogP contribution >= 0.6 is 15.9 Å². The molecular formula is C14H17BrO2. The highest BCUT2D eigenvalue weighted by Gasteiger charge is 2.33. The summed E-state index contributed by atoms with van der Waals surface area (Å²) in [6.07, 6.45) is 4.26. The van der Waals surface area contributed by atoms with Crippen LogP contribution in [0.25, 0.3) is 0 Å². The number of hydrogen-bond acceptors (Lipinski definition) is 2. The maximum atomic E-state index is 10.9. The van der Waals surface area contributed by atoms with Gasteiger partial charge >= 0.3 is 0 Å². The summed E-state index contributed by atoms with van der Waals surface area (Å²) in [7, 11) is 0. The van der Waals surface area contributed by atoms with Crippen molar-refractivity contribution in [1.29, 1.82) is 0 Å². The van der Waals surface area contributed by atoms with Crippen molar-refractivity contribution >= 4 is 15.9 Å². The van der Waals surface area contributed by atoms with E-state index in [-0.39, 0.29) is 0 Å². The maximum Gasteiger partial charge on any atom is 0.114 e. The average molecular weight is 297 g/mol. The van der Waals surface area contributed by atoms with Gasteiger partial charge in [-0.1, -0.05) is 35.0 Å². The zero-order valence-corrected chi connectivity index (χ0v) is 11.5. The van der Waals surface area contributed by atoms with Crippen molar-refractivity contribution < 1.29 is 9.84 Å². The normalized spacial score (nSPS) is 19.1. The average Bonchev–Trinajstić information content (AvgIpc) is 2.39. The van der Waals surface area contributed by atoms with Gasteiger partial charge in [-0.25, -0.2) is 0 Å². The molecule has 92 valence electrons. The lowest BCUT2D eigenvalue weighted by Gasteiger charge is -2.32. The van der Waals surface area contributed by atoms with Crippen LogP contribution in [0.3, 0.4) is 0 Å². The van der Waals surface area contributed by atoms with E-state index >= 15 is 0 Å². The number of rotatable bonds is 3. The minimum atomic E-state index is -0.899. The van der Waals surface area contributed by atoms with Gasteiger partial charge in [0.05, 0.1) is 12.9 Å². The fourth-order valence-corrected chi connectivity index (χ4v) is 2.63. The van der Waals surface area contributed by atoms with Gasteiger partial charge in [0.25, 0.3) is 0 Å². The summed E-state index contributed by atoms with van der Waals surface area (Å²) in [5.74, 6) is 0. The Bertz CT molecular complexity index is 428. The molecule has 1 N–H and O–H groups in total. The Labute approximate surface area is 110 Å². The van der Waals surface area contributed by atoms with E-state index in [1.807, 2.05) is 31.2 Å². The van der Waals surface area contributed by atoms with Gasteiger partial charge < -0.3 is 9.84 Å². The molecular weight excluding hydrogens is 280 g/mol. The third-order valence-corrected chi connectivity index (χ3v) is 3.77. The topological polar surface area (TPSA) is 29.5 Å². The van der Waals surface area contributed by atoms with Gasteiger partial charge in [-0.3, -0.25) is 0 Å². The van der Waals surface area contributed by atoms with E-state index in [9.17, 15) is 5.11 Å². The van der Waals surface area contributed by atoms with E-state index in [0.717, 1.165) is 35.1 Å². The molecule has 1 aromatic carbocycles. The van der Waals surface area contributed by atoms with Gasteiger partial charge in [-0.15, -0.1) is 0 Å². The van der Waals surface area contributed by atoms with Crippen LogP contribution in [0.5, 0.6) is 0 Å². The molecule has 2 rings (SSSR count). The summed E-state index contributed by atoms with van der Waals surface area (Å²) in [5.41, 5.74) is 1.000. The van der Waals surface area contributed by atoms with Crippen molar-refractivity contribution in [3.8, 4) is 0 Å². The molecule has 1 aliphatic rings. The second-order valence-corrected chi connectivity index (χ2v) is 5.26. The van der Waals surface area contributed by atoms with Gasteiger partial charge in [0, 0.05) is 10.0 Å². The van der Waals surface area contributed by atoms with Gasteiger partial charge in [0.1, 0.15) is 5.60 Å². The third kappa shape index (κ3) is 2.55.